The van der Waals surface area contributed by atoms with Crippen LogP contribution in [0.2, 0.25) is 0 Å². The number of rotatable bonds is 5. The summed E-state index contributed by atoms with van der Waals surface area (Å²) in [6.07, 6.45) is -1.65. The predicted molar refractivity (Wildman–Crippen MR) is 84.4 cm³/mol. The fraction of sp³-hybridized carbons (Fsp3) is 0.167. The van der Waals surface area contributed by atoms with Gasteiger partial charge in [-0.2, -0.15) is 13.2 Å². The molecule has 0 saturated carbocycles. The van der Waals surface area contributed by atoms with E-state index in [4.69, 9.17) is 9.47 Å². The van der Waals surface area contributed by atoms with Crippen LogP contribution < -0.4 is 9.47 Å². The van der Waals surface area contributed by atoms with Crippen LogP contribution in [0.1, 0.15) is 21.5 Å². The van der Waals surface area contributed by atoms with Crippen molar-refractivity contribution in [2.75, 3.05) is 14.2 Å². The molecule has 0 fully saturated rings. The number of alkyl halides is 3. The van der Waals surface area contributed by atoms with Gasteiger partial charge in [0, 0.05) is 6.07 Å². The zero-order valence-corrected chi connectivity index (χ0v) is 13.1. The van der Waals surface area contributed by atoms with Crippen molar-refractivity contribution in [1.29, 1.82) is 0 Å². The Hall–Kier alpha value is -2.76. The maximum absolute atomic E-state index is 12.5. The van der Waals surface area contributed by atoms with Gasteiger partial charge >= 0.3 is 6.18 Å². The second kappa shape index (κ2) is 7.21. The van der Waals surface area contributed by atoms with Crippen molar-refractivity contribution in [1.82, 2.24) is 0 Å². The van der Waals surface area contributed by atoms with Gasteiger partial charge in [-0.05, 0) is 35.9 Å². The van der Waals surface area contributed by atoms with Gasteiger partial charge in [0.1, 0.15) is 11.5 Å². The summed E-state index contributed by atoms with van der Waals surface area (Å²) in [6.45, 7) is 0. The number of ketones is 1. The van der Waals surface area contributed by atoms with Crippen molar-refractivity contribution >= 4 is 11.9 Å². The number of hydrogen-bond acceptors (Lipinski definition) is 3. The number of carbonyl (C=O) groups excluding carboxylic acids is 1. The minimum atomic E-state index is -4.38. The number of halogens is 3. The van der Waals surface area contributed by atoms with Crippen molar-refractivity contribution in [2.45, 2.75) is 6.18 Å². The van der Waals surface area contributed by atoms with Crippen molar-refractivity contribution in [3.8, 4) is 11.5 Å². The van der Waals surface area contributed by atoms with Crippen LogP contribution in [0.4, 0.5) is 13.2 Å². The molecule has 0 bridgehead atoms. The van der Waals surface area contributed by atoms with Crippen molar-refractivity contribution in [2.24, 2.45) is 0 Å². The molecule has 0 radical (unpaired) electrons. The lowest BCUT2D eigenvalue weighted by molar-refractivity contribution is -0.137. The number of benzene rings is 2. The first-order chi connectivity index (χ1) is 11.3. The molecule has 6 heteroatoms. The average Bonchev–Trinajstić information content (AvgIpc) is 2.58. The number of methoxy groups -OCH3 is 2. The Kier molecular flexibility index (Phi) is 5.28. The van der Waals surface area contributed by atoms with E-state index < -0.39 is 11.7 Å². The van der Waals surface area contributed by atoms with E-state index in [1.807, 2.05) is 0 Å². The summed E-state index contributed by atoms with van der Waals surface area (Å²) in [7, 11) is 2.94. The summed E-state index contributed by atoms with van der Waals surface area (Å²) in [5.41, 5.74) is 0.0908. The highest BCUT2D eigenvalue weighted by atomic mass is 19.4. The quantitative estimate of drug-likeness (QED) is 0.590. The van der Waals surface area contributed by atoms with Gasteiger partial charge in [-0.15, -0.1) is 0 Å². The summed E-state index contributed by atoms with van der Waals surface area (Å²) < 4.78 is 47.7. The smallest absolute Gasteiger partial charge is 0.416 e. The molecule has 2 rings (SSSR count). The summed E-state index contributed by atoms with van der Waals surface area (Å²) in [5, 5.41) is 0. The van der Waals surface area contributed by atoms with E-state index in [1.54, 1.807) is 18.2 Å². The molecule has 2 aromatic rings. The van der Waals surface area contributed by atoms with Gasteiger partial charge in [-0.25, -0.2) is 0 Å². The molecule has 126 valence electrons. The topological polar surface area (TPSA) is 35.5 Å². The van der Waals surface area contributed by atoms with Crippen molar-refractivity contribution in [3.05, 3.63) is 65.2 Å². The molecule has 0 N–H and O–H groups in total. The van der Waals surface area contributed by atoms with Crippen LogP contribution in [0.5, 0.6) is 11.5 Å². The normalized spacial score (nSPS) is 11.5. The molecule has 0 unspecified atom stereocenters. The van der Waals surface area contributed by atoms with E-state index in [9.17, 15) is 18.0 Å². The predicted octanol–water partition coefficient (Wildman–Crippen LogP) is 4.62. The highest BCUT2D eigenvalue weighted by Gasteiger charge is 2.29. The Labute approximate surface area is 137 Å². The van der Waals surface area contributed by atoms with Crippen molar-refractivity contribution in [3.63, 3.8) is 0 Å². The zero-order valence-electron chi connectivity index (χ0n) is 13.1. The third-order valence-corrected chi connectivity index (χ3v) is 3.34. The number of carbonyl (C=O) groups is 1. The Morgan fingerprint density at radius 3 is 2.21 bits per heavy atom. The first-order valence-electron chi connectivity index (χ1n) is 6.97. The summed E-state index contributed by atoms with van der Waals surface area (Å²) >= 11 is 0. The number of allylic oxidation sites excluding steroid dienone is 1. The molecular weight excluding hydrogens is 321 g/mol. The first kappa shape index (κ1) is 17.6. The molecule has 0 spiro atoms. The summed E-state index contributed by atoms with van der Waals surface area (Å²) in [6, 6.07) is 9.32. The van der Waals surface area contributed by atoms with Crippen LogP contribution >= 0.6 is 0 Å². The summed E-state index contributed by atoms with van der Waals surface area (Å²) in [4.78, 5) is 12.2. The van der Waals surface area contributed by atoms with E-state index in [1.165, 1.54) is 38.5 Å². The molecule has 0 heterocycles. The van der Waals surface area contributed by atoms with E-state index in [-0.39, 0.29) is 5.78 Å². The highest BCUT2D eigenvalue weighted by Crippen LogP contribution is 2.29. The fourth-order valence-corrected chi connectivity index (χ4v) is 2.05. The van der Waals surface area contributed by atoms with E-state index in [0.29, 0.717) is 22.6 Å². The van der Waals surface area contributed by atoms with Crippen LogP contribution in [-0.2, 0) is 6.18 Å². The van der Waals surface area contributed by atoms with Gasteiger partial charge < -0.3 is 9.47 Å². The lowest BCUT2D eigenvalue weighted by Gasteiger charge is -2.08. The second-order valence-corrected chi connectivity index (χ2v) is 4.88. The molecular formula is C18H15F3O3. The minimum absolute atomic E-state index is 0.325. The fourth-order valence-electron chi connectivity index (χ4n) is 2.05. The Bertz CT molecular complexity index is 747. The third-order valence-electron chi connectivity index (χ3n) is 3.34. The molecule has 0 amide bonds. The minimum Gasteiger partial charge on any atom is -0.497 e. The van der Waals surface area contributed by atoms with Crippen molar-refractivity contribution < 1.29 is 27.4 Å². The van der Waals surface area contributed by atoms with Gasteiger partial charge in [0.05, 0.1) is 25.3 Å². The second-order valence-electron chi connectivity index (χ2n) is 4.88. The lowest BCUT2D eigenvalue weighted by atomic mass is 10.1. The summed E-state index contributed by atoms with van der Waals surface area (Å²) in [5.74, 6) is 0.584. The van der Waals surface area contributed by atoms with Crippen LogP contribution in [0, 0.1) is 0 Å². The number of hydrogen-bond donors (Lipinski definition) is 0. The molecule has 0 atom stereocenters. The third kappa shape index (κ3) is 4.16. The molecule has 3 nitrogen and oxygen atoms in total. The monoisotopic (exact) mass is 336 g/mol. The van der Waals surface area contributed by atoms with Crippen LogP contribution in [-0.4, -0.2) is 20.0 Å². The van der Waals surface area contributed by atoms with Gasteiger partial charge in [-0.3, -0.25) is 4.79 Å². The Balaban J connectivity index is 2.19. The highest BCUT2D eigenvalue weighted by molar-refractivity contribution is 6.08. The van der Waals surface area contributed by atoms with Gasteiger partial charge in [0.15, 0.2) is 5.78 Å². The van der Waals surface area contributed by atoms with E-state index in [2.05, 4.69) is 0 Å². The SMILES string of the molecule is COc1ccc(C(=O)/C=C/c2ccc(C(F)(F)F)cc2)c(OC)c1. The van der Waals surface area contributed by atoms with E-state index in [0.717, 1.165) is 12.1 Å². The standard InChI is InChI=1S/C18H15F3O3/c1-23-14-8-9-15(17(11-14)24-2)16(22)10-5-12-3-6-13(7-4-12)18(19,20)21/h3-11H,1-2H3/b10-5+. The first-order valence-corrected chi connectivity index (χ1v) is 6.97. The average molecular weight is 336 g/mol. The molecule has 0 aromatic heterocycles. The maximum atomic E-state index is 12.5. The largest absolute Gasteiger partial charge is 0.497 e. The van der Waals surface area contributed by atoms with Gasteiger partial charge in [0.2, 0.25) is 0 Å². The molecule has 0 saturated heterocycles. The molecule has 0 aliphatic heterocycles. The Morgan fingerprint density at radius 1 is 1.00 bits per heavy atom. The van der Waals surface area contributed by atoms with Crippen LogP contribution in [0.15, 0.2) is 48.5 Å². The van der Waals surface area contributed by atoms with Gasteiger partial charge in [-0.1, -0.05) is 18.2 Å². The van der Waals surface area contributed by atoms with Crippen LogP contribution in [0.3, 0.4) is 0 Å². The molecule has 2 aromatic carbocycles. The zero-order chi connectivity index (χ0) is 17.7. The van der Waals surface area contributed by atoms with Crippen LogP contribution in [0.25, 0.3) is 6.08 Å². The maximum Gasteiger partial charge on any atom is 0.416 e. The molecule has 24 heavy (non-hydrogen) atoms. The Morgan fingerprint density at radius 2 is 1.67 bits per heavy atom. The van der Waals surface area contributed by atoms with Gasteiger partial charge in [0.25, 0.3) is 0 Å². The molecule has 0 aliphatic carbocycles. The molecule has 0 aliphatic rings. The van der Waals surface area contributed by atoms with E-state index >= 15 is 0 Å². The lowest BCUT2D eigenvalue weighted by Crippen LogP contribution is -2.04. The number of ether oxygens (including phenoxy) is 2.